The summed E-state index contributed by atoms with van der Waals surface area (Å²) in [5, 5.41) is 0. The Kier molecular flexibility index (Phi) is 4.66. The maximum absolute atomic E-state index is 12.7. The van der Waals surface area contributed by atoms with Crippen LogP contribution < -0.4 is 10.6 Å². The van der Waals surface area contributed by atoms with Gasteiger partial charge in [-0.1, -0.05) is 25.1 Å². The number of rotatable bonds is 3. The van der Waals surface area contributed by atoms with Crippen LogP contribution in [0.2, 0.25) is 0 Å². The fourth-order valence-electron chi connectivity index (χ4n) is 3.65. The number of para-hydroxylation sites is 1. The molecule has 124 valence electrons. The zero-order valence-electron chi connectivity index (χ0n) is 13.7. The maximum Gasteiger partial charge on any atom is 0.228 e. The van der Waals surface area contributed by atoms with Gasteiger partial charge in [0.1, 0.15) is 0 Å². The second kappa shape index (κ2) is 6.71. The number of carbonyl (C=O) groups is 2. The zero-order valence-corrected chi connectivity index (χ0v) is 13.7. The minimum absolute atomic E-state index is 0.0468. The molecule has 5 nitrogen and oxygen atoms in total. The first-order valence-corrected chi connectivity index (χ1v) is 8.52. The van der Waals surface area contributed by atoms with Crippen molar-refractivity contribution in [3.05, 3.63) is 29.8 Å². The molecule has 0 bridgehead atoms. The maximum atomic E-state index is 12.7. The number of benzene rings is 1. The summed E-state index contributed by atoms with van der Waals surface area (Å²) in [7, 11) is 0. The standard InChI is InChI=1S/C18H25N3O2/c1-2-13-6-3-4-8-16(13)21-11-14(10-17(21)22)18(23)20-9-5-7-15(19)12-20/h3-4,6,8,14-15H,2,5,7,9-12,19H2,1H3/t14-,15-/m1/s1. The van der Waals surface area contributed by atoms with Crippen LogP contribution >= 0.6 is 0 Å². The van der Waals surface area contributed by atoms with Gasteiger partial charge in [0.25, 0.3) is 0 Å². The highest BCUT2D eigenvalue weighted by Gasteiger charge is 2.38. The summed E-state index contributed by atoms with van der Waals surface area (Å²) in [5.74, 6) is -0.103. The van der Waals surface area contributed by atoms with Crippen LogP contribution in [-0.4, -0.2) is 42.4 Å². The van der Waals surface area contributed by atoms with E-state index in [9.17, 15) is 9.59 Å². The Labute approximate surface area is 137 Å². The Balaban J connectivity index is 1.73. The van der Waals surface area contributed by atoms with Gasteiger partial charge in [-0.2, -0.15) is 0 Å². The number of aryl methyl sites for hydroxylation is 1. The summed E-state index contributed by atoms with van der Waals surface area (Å²) in [6.07, 6.45) is 3.11. The van der Waals surface area contributed by atoms with Crippen LogP contribution in [0, 0.1) is 5.92 Å². The third-order valence-electron chi connectivity index (χ3n) is 4.91. The predicted octanol–water partition coefficient (Wildman–Crippen LogP) is 1.55. The van der Waals surface area contributed by atoms with Gasteiger partial charge in [0.15, 0.2) is 0 Å². The molecule has 1 aromatic rings. The molecule has 0 unspecified atom stereocenters. The van der Waals surface area contributed by atoms with Gasteiger partial charge >= 0.3 is 0 Å². The number of nitrogens with zero attached hydrogens (tertiary/aromatic N) is 2. The molecule has 3 rings (SSSR count). The number of nitrogens with two attached hydrogens (primary N) is 1. The molecular formula is C18H25N3O2. The quantitative estimate of drug-likeness (QED) is 0.920. The molecule has 23 heavy (non-hydrogen) atoms. The molecule has 0 aliphatic carbocycles. The Hall–Kier alpha value is -1.88. The van der Waals surface area contributed by atoms with Crippen molar-refractivity contribution < 1.29 is 9.59 Å². The van der Waals surface area contributed by atoms with E-state index in [4.69, 9.17) is 5.73 Å². The molecule has 0 saturated carbocycles. The Bertz CT molecular complexity index is 602. The van der Waals surface area contributed by atoms with E-state index in [-0.39, 0.29) is 23.8 Å². The van der Waals surface area contributed by atoms with Crippen LogP contribution in [0.1, 0.15) is 31.7 Å². The van der Waals surface area contributed by atoms with Gasteiger partial charge in [-0.25, -0.2) is 0 Å². The van der Waals surface area contributed by atoms with Crippen molar-refractivity contribution >= 4 is 17.5 Å². The van der Waals surface area contributed by atoms with Crippen molar-refractivity contribution in [1.82, 2.24) is 4.90 Å². The van der Waals surface area contributed by atoms with E-state index >= 15 is 0 Å². The average Bonchev–Trinajstić information content (AvgIpc) is 2.95. The lowest BCUT2D eigenvalue weighted by Gasteiger charge is -2.32. The number of carbonyl (C=O) groups excluding carboxylic acids is 2. The van der Waals surface area contributed by atoms with Crippen LogP contribution in [0.5, 0.6) is 0 Å². The van der Waals surface area contributed by atoms with Crippen LogP contribution in [0.25, 0.3) is 0 Å². The Morgan fingerprint density at radius 2 is 2.09 bits per heavy atom. The molecule has 2 amide bonds. The number of piperidine rings is 1. The molecule has 5 heteroatoms. The predicted molar refractivity (Wildman–Crippen MR) is 90.1 cm³/mol. The molecule has 2 fully saturated rings. The molecule has 2 aliphatic heterocycles. The average molecular weight is 315 g/mol. The molecule has 1 aromatic carbocycles. The van der Waals surface area contributed by atoms with Crippen LogP contribution in [0.4, 0.5) is 5.69 Å². The van der Waals surface area contributed by atoms with Gasteiger partial charge in [0.05, 0.1) is 5.92 Å². The third-order valence-corrected chi connectivity index (χ3v) is 4.91. The molecule has 2 aliphatic rings. The van der Waals surface area contributed by atoms with Gasteiger partial charge in [-0.3, -0.25) is 9.59 Å². The lowest BCUT2D eigenvalue weighted by molar-refractivity contribution is -0.136. The molecule has 0 aromatic heterocycles. The van der Waals surface area contributed by atoms with Crippen molar-refractivity contribution in [2.75, 3.05) is 24.5 Å². The van der Waals surface area contributed by atoms with Gasteiger partial charge in [-0.15, -0.1) is 0 Å². The second-order valence-electron chi connectivity index (χ2n) is 6.57. The summed E-state index contributed by atoms with van der Waals surface area (Å²) in [4.78, 5) is 28.8. The van der Waals surface area contributed by atoms with Gasteiger partial charge < -0.3 is 15.5 Å². The van der Waals surface area contributed by atoms with Crippen molar-refractivity contribution in [1.29, 1.82) is 0 Å². The van der Waals surface area contributed by atoms with Crippen molar-refractivity contribution in [2.45, 2.75) is 38.6 Å². The number of anilines is 1. The van der Waals surface area contributed by atoms with Crippen LogP contribution in [0.3, 0.4) is 0 Å². The first-order valence-electron chi connectivity index (χ1n) is 8.52. The first-order chi connectivity index (χ1) is 11.1. The third kappa shape index (κ3) is 3.24. The van der Waals surface area contributed by atoms with Crippen molar-refractivity contribution in [3.63, 3.8) is 0 Å². The fraction of sp³-hybridized carbons (Fsp3) is 0.556. The minimum atomic E-state index is -0.238. The van der Waals surface area contributed by atoms with Gasteiger partial charge in [0.2, 0.25) is 11.8 Å². The first kappa shape index (κ1) is 16.0. The van der Waals surface area contributed by atoms with Crippen molar-refractivity contribution in [3.8, 4) is 0 Å². The highest BCUT2D eigenvalue weighted by Crippen LogP contribution is 2.29. The summed E-state index contributed by atoms with van der Waals surface area (Å²) >= 11 is 0. The number of amides is 2. The normalized spacial score (nSPS) is 25.0. The van der Waals surface area contributed by atoms with Gasteiger partial charge in [0, 0.05) is 37.8 Å². The van der Waals surface area contributed by atoms with E-state index in [1.54, 1.807) is 4.90 Å². The zero-order chi connectivity index (χ0) is 16.4. The van der Waals surface area contributed by atoms with Crippen molar-refractivity contribution in [2.24, 2.45) is 11.7 Å². The summed E-state index contributed by atoms with van der Waals surface area (Å²) in [6.45, 7) is 3.95. The van der Waals surface area contributed by atoms with E-state index in [0.717, 1.165) is 37.1 Å². The van der Waals surface area contributed by atoms with E-state index in [1.165, 1.54) is 0 Å². The lowest BCUT2D eigenvalue weighted by atomic mass is 10.0. The molecule has 2 saturated heterocycles. The smallest absolute Gasteiger partial charge is 0.228 e. The van der Waals surface area contributed by atoms with Gasteiger partial charge in [-0.05, 0) is 30.9 Å². The van der Waals surface area contributed by atoms with E-state index in [1.807, 2.05) is 29.2 Å². The largest absolute Gasteiger partial charge is 0.341 e. The second-order valence-corrected chi connectivity index (χ2v) is 6.57. The molecule has 2 N–H and O–H groups in total. The minimum Gasteiger partial charge on any atom is -0.341 e. The Morgan fingerprint density at radius 1 is 1.30 bits per heavy atom. The summed E-state index contributed by atoms with van der Waals surface area (Å²) in [6, 6.07) is 8.02. The SMILES string of the molecule is CCc1ccccc1N1C[C@H](C(=O)N2CCC[C@@H](N)C2)CC1=O. The topological polar surface area (TPSA) is 66.6 Å². The Morgan fingerprint density at radius 3 is 2.83 bits per heavy atom. The lowest BCUT2D eigenvalue weighted by Crippen LogP contribution is -2.48. The number of likely N-dealkylation sites (tertiary alicyclic amines) is 1. The molecule has 0 spiro atoms. The summed E-state index contributed by atoms with van der Waals surface area (Å²) in [5.41, 5.74) is 8.07. The summed E-state index contributed by atoms with van der Waals surface area (Å²) < 4.78 is 0. The molecular weight excluding hydrogens is 290 g/mol. The highest BCUT2D eigenvalue weighted by atomic mass is 16.2. The monoisotopic (exact) mass is 315 g/mol. The van der Waals surface area contributed by atoms with E-state index < -0.39 is 0 Å². The molecule has 2 heterocycles. The number of hydrogen-bond donors (Lipinski definition) is 1. The highest BCUT2D eigenvalue weighted by molar-refractivity contribution is 6.00. The molecule has 2 atom stereocenters. The van der Waals surface area contributed by atoms with E-state index in [2.05, 4.69) is 6.92 Å². The number of hydrogen-bond acceptors (Lipinski definition) is 3. The fourth-order valence-corrected chi connectivity index (χ4v) is 3.65. The molecule has 0 radical (unpaired) electrons. The van der Waals surface area contributed by atoms with E-state index in [0.29, 0.717) is 19.5 Å². The van der Waals surface area contributed by atoms with Crippen LogP contribution in [-0.2, 0) is 16.0 Å². The van der Waals surface area contributed by atoms with Crippen LogP contribution in [0.15, 0.2) is 24.3 Å².